The highest BCUT2D eigenvalue weighted by Gasteiger charge is 2.45. The van der Waals surface area contributed by atoms with Crippen LogP contribution in [0.2, 0.25) is 5.02 Å². The Bertz CT molecular complexity index is 1090. The van der Waals surface area contributed by atoms with Gasteiger partial charge in [0, 0.05) is 40.2 Å². The van der Waals surface area contributed by atoms with E-state index >= 15 is 0 Å². The number of methoxy groups -OCH3 is 2. The number of ketones is 1. The molecule has 1 aliphatic heterocycles. The van der Waals surface area contributed by atoms with Gasteiger partial charge in [-0.15, -0.1) is 0 Å². The molecule has 160 valence electrons. The fourth-order valence-corrected chi connectivity index (χ4v) is 4.78. The van der Waals surface area contributed by atoms with Crippen molar-refractivity contribution in [2.24, 2.45) is 5.92 Å². The molecule has 1 heterocycles. The minimum Gasteiger partial charge on any atom is -0.496 e. The molecule has 0 aromatic heterocycles. The number of nitrogens with one attached hydrogen (secondary N) is 1. The Hall–Kier alpha value is -3.05. The Balaban J connectivity index is 1.84. The maximum Gasteiger partial charge on any atom is 0.336 e. The number of benzene rings is 2. The molecule has 0 saturated heterocycles. The van der Waals surface area contributed by atoms with Crippen LogP contribution in [0, 0.1) is 5.92 Å². The molecule has 6 heteroatoms. The number of Topliss-reactive ketones (excluding diaryl/α,β-unsaturated/α-hetero) is 1. The molecule has 0 fully saturated rings. The molecule has 2 aromatic carbocycles. The molecule has 0 bridgehead atoms. The summed E-state index contributed by atoms with van der Waals surface area (Å²) < 4.78 is 10.6. The third-order valence-electron chi connectivity index (χ3n) is 6.04. The molecule has 31 heavy (non-hydrogen) atoms. The molecule has 1 aliphatic carbocycles. The van der Waals surface area contributed by atoms with Gasteiger partial charge in [-0.2, -0.15) is 0 Å². The van der Waals surface area contributed by atoms with Crippen molar-refractivity contribution < 1.29 is 19.1 Å². The van der Waals surface area contributed by atoms with Crippen molar-refractivity contribution in [2.75, 3.05) is 14.2 Å². The fraction of sp³-hybridized carbons (Fsp3) is 0.280. The van der Waals surface area contributed by atoms with Gasteiger partial charge in [-0.1, -0.05) is 48.0 Å². The minimum absolute atomic E-state index is 0.0646. The van der Waals surface area contributed by atoms with Gasteiger partial charge in [0.1, 0.15) is 11.5 Å². The van der Waals surface area contributed by atoms with Crippen molar-refractivity contribution in [3.63, 3.8) is 0 Å². The number of fused-ring (bicyclic) bond motifs is 1. The lowest BCUT2D eigenvalue weighted by atomic mass is 9.68. The summed E-state index contributed by atoms with van der Waals surface area (Å²) >= 11 is 6.08. The summed E-state index contributed by atoms with van der Waals surface area (Å²) in [5, 5.41) is 3.91. The highest BCUT2D eigenvalue weighted by molar-refractivity contribution is 6.30. The highest BCUT2D eigenvalue weighted by atomic mass is 35.5. The number of esters is 1. The van der Waals surface area contributed by atoms with Gasteiger partial charge >= 0.3 is 5.97 Å². The zero-order valence-electron chi connectivity index (χ0n) is 17.6. The maximum absolute atomic E-state index is 13.5. The molecule has 3 atom stereocenters. The Labute approximate surface area is 186 Å². The molecule has 0 saturated carbocycles. The first-order valence-corrected chi connectivity index (χ1v) is 10.5. The first kappa shape index (κ1) is 21.2. The zero-order chi connectivity index (χ0) is 22.1. The van der Waals surface area contributed by atoms with Gasteiger partial charge in [0.2, 0.25) is 0 Å². The predicted octanol–water partition coefficient (Wildman–Crippen LogP) is 4.74. The van der Waals surface area contributed by atoms with Gasteiger partial charge in [0.25, 0.3) is 0 Å². The second-order valence-corrected chi connectivity index (χ2v) is 8.24. The van der Waals surface area contributed by atoms with E-state index in [1.807, 2.05) is 43.3 Å². The summed E-state index contributed by atoms with van der Waals surface area (Å²) in [7, 11) is 2.98. The van der Waals surface area contributed by atoms with Crippen LogP contribution < -0.4 is 10.1 Å². The van der Waals surface area contributed by atoms with E-state index in [4.69, 9.17) is 21.1 Å². The number of halogens is 1. The van der Waals surface area contributed by atoms with Crippen LogP contribution in [-0.2, 0) is 14.3 Å². The van der Waals surface area contributed by atoms with E-state index in [1.165, 1.54) is 7.11 Å². The van der Waals surface area contributed by atoms with Crippen LogP contribution in [-0.4, -0.2) is 26.0 Å². The monoisotopic (exact) mass is 437 g/mol. The largest absolute Gasteiger partial charge is 0.496 e. The van der Waals surface area contributed by atoms with E-state index in [2.05, 4.69) is 11.4 Å². The number of carbonyl (C=O) groups is 2. The van der Waals surface area contributed by atoms with E-state index in [9.17, 15) is 9.59 Å². The summed E-state index contributed by atoms with van der Waals surface area (Å²) in [5.41, 5.74) is 3.77. The minimum atomic E-state index is -0.495. The van der Waals surface area contributed by atoms with E-state index < -0.39 is 17.8 Å². The second kappa shape index (κ2) is 8.60. The smallest absolute Gasteiger partial charge is 0.336 e. The normalized spacial score (nSPS) is 22.9. The quantitative estimate of drug-likeness (QED) is 0.700. The standard InChI is InChI=1S/C25H24ClNO4/c1-14-22(25(29)31-3)23(15-8-10-17(26)11-9-15)24-19(27-14)12-16(13-20(24)28)18-6-4-5-7-21(18)30-2/h4-12,16,23-24,27H,13H2,1-3H3. The Morgan fingerprint density at radius 3 is 2.45 bits per heavy atom. The number of carbonyl (C=O) groups excluding carboxylic acids is 2. The number of ether oxygens (including phenoxy) is 2. The molecular formula is C25H24ClNO4. The summed E-state index contributed by atoms with van der Waals surface area (Å²) in [6, 6.07) is 15.0. The predicted molar refractivity (Wildman–Crippen MR) is 119 cm³/mol. The van der Waals surface area contributed by atoms with E-state index in [1.54, 1.807) is 19.2 Å². The van der Waals surface area contributed by atoms with Crippen LogP contribution in [0.1, 0.15) is 36.3 Å². The van der Waals surface area contributed by atoms with Gasteiger partial charge in [-0.3, -0.25) is 4.79 Å². The van der Waals surface area contributed by atoms with Crippen LogP contribution in [0.15, 0.2) is 71.6 Å². The van der Waals surface area contributed by atoms with E-state index in [0.29, 0.717) is 22.7 Å². The van der Waals surface area contributed by atoms with Gasteiger partial charge < -0.3 is 14.8 Å². The first-order valence-electron chi connectivity index (χ1n) is 10.1. The van der Waals surface area contributed by atoms with E-state index in [0.717, 1.165) is 22.6 Å². The number of para-hydroxylation sites is 1. The SMILES string of the molecule is COC(=O)C1=C(C)NC2=CC(c3ccccc3OC)CC(=O)C2C1c1ccc(Cl)cc1. The number of hydrogen-bond donors (Lipinski definition) is 1. The van der Waals surface area contributed by atoms with Crippen LogP contribution in [0.4, 0.5) is 0 Å². The topological polar surface area (TPSA) is 64.6 Å². The van der Waals surface area contributed by atoms with E-state index in [-0.39, 0.29) is 11.7 Å². The van der Waals surface area contributed by atoms with Crippen molar-refractivity contribution >= 4 is 23.4 Å². The second-order valence-electron chi connectivity index (χ2n) is 7.80. The average molecular weight is 438 g/mol. The third-order valence-corrected chi connectivity index (χ3v) is 6.29. The first-order chi connectivity index (χ1) is 14.9. The van der Waals surface area contributed by atoms with Crippen molar-refractivity contribution in [1.29, 1.82) is 0 Å². The molecule has 4 rings (SSSR count). The highest BCUT2D eigenvalue weighted by Crippen LogP contribution is 2.47. The Morgan fingerprint density at radius 2 is 1.77 bits per heavy atom. The number of allylic oxidation sites excluding steroid dienone is 3. The third kappa shape index (κ3) is 3.86. The average Bonchev–Trinajstić information content (AvgIpc) is 2.78. The lowest BCUT2D eigenvalue weighted by Crippen LogP contribution is -2.41. The van der Waals surface area contributed by atoms with Gasteiger partial charge in [0.05, 0.1) is 25.7 Å². The molecule has 0 radical (unpaired) electrons. The van der Waals surface area contributed by atoms with Crippen molar-refractivity contribution in [3.8, 4) is 5.75 Å². The van der Waals surface area contributed by atoms with Crippen LogP contribution >= 0.6 is 11.6 Å². The summed E-state index contributed by atoms with van der Waals surface area (Å²) in [6.45, 7) is 1.84. The van der Waals surface area contributed by atoms with Crippen LogP contribution in [0.5, 0.6) is 5.75 Å². The summed E-state index contributed by atoms with van der Waals surface area (Å²) in [4.78, 5) is 26.2. The molecule has 0 amide bonds. The summed E-state index contributed by atoms with van der Waals surface area (Å²) in [5.74, 6) is -0.671. The molecule has 3 unspecified atom stereocenters. The lowest BCUT2D eigenvalue weighted by Gasteiger charge is -2.39. The van der Waals surface area contributed by atoms with Crippen molar-refractivity contribution in [3.05, 3.63) is 87.7 Å². The van der Waals surface area contributed by atoms with Gasteiger partial charge in [-0.05, 0) is 30.7 Å². The van der Waals surface area contributed by atoms with Gasteiger partial charge in [-0.25, -0.2) is 4.79 Å². The summed E-state index contributed by atoms with van der Waals surface area (Å²) in [6.07, 6.45) is 2.41. The maximum atomic E-state index is 13.5. The zero-order valence-corrected chi connectivity index (χ0v) is 18.4. The van der Waals surface area contributed by atoms with Crippen molar-refractivity contribution in [1.82, 2.24) is 5.32 Å². The number of rotatable bonds is 4. The molecular weight excluding hydrogens is 414 g/mol. The number of hydrogen-bond acceptors (Lipinski definition) is 5. The Kier molecular flexibility index (Phi) is 5.88. The fourth-order valence-electron chi connectivity index (χ4n) is 4.66. The van der Waals surface area contributed by atoms with Gasteiger partial charge in [0.15, 0.2) is 0 Å². The molecule has 2 aromatic rings. The van der Waals surface area contributed by atoms with Crippen molar-refractivity contribution in [2.45, 2.75) is 25.2 Å². The Morgan fingerprint density at radius 1 is 1.06 bits per heavy atom. The van der Waals surface area contributed by atoms with Crippen LogP contribution in [0.25, 0.3) is 0 Å². The molecule has 1 N–H and O–H groups in total. The lowest BCUT2D eigenvalue weighted by molar-refractivity contribution is -0.136. The van der Waals surface area contributed by atoms with Crippen LogP contribution in [0.3, 0.4) is 0 Å². The molecule has 0 spiro atoms. The molecule has 5 nitrogen and oxygen atoms in total. The molecule has 2 aliphatic rings.